The van der Waals surface area contributed by atoms with Crippen molar-refractivity contribution in [1.29, 1.82) is 0 Å². The molecular weight excluding hydrogens is 460 g/mol. The van der Waals surface area contributed by atoms with Gasteiger partial charge in [0.1, 0.15) is 11.3 Å². The van der Waals surface area contributed by atoms with Crippen LogP contribution in [0.1, 0.15) is 0 Å². The van der Waals surface area contributed by atoms with Gasteiger partial charge in [-0.2, -0.15) is 0 Å². The summed E-state index contributed by atoms with van der Waals surface area (Å²) in [5.74, 6) is 2.14. The van der Waals surface area contributed by atoms with Gasteiger partial charge in [-0.1, -0.05) is 36.0 Å². The molecule has 176 valence electrons. The zero-order chi connectivity index (χ0) is 24.0. The molecule has 3 aromatic heterocycles. The zero-order valence-electron chi connectivity index (χ0n) is 19.4. The van der Waals surface area contributed by atoms with Crippen molar-refractivity contribution >= 4 is 50.9 Å². The van der Waals surface area contributed by atoms with Crippen LogP contribution in [0.2, 0.25) is 0 Å². The van der Waals surface area contributed by atoms with E-state index in [9.17, 15) is 0 Å². The van der Waals surface area contributed by atoms with Crippen molar-refractivity contribution in [1.82, 2.24) is 20.2 Å². The summed E-state index contributed by atoms with van der Waals surface area (Å²) in [6.45, 7) is 1.26. The van der Waals surface area contributed by atoms with Gasteiger partial charge in [-0.25, -0.2) is 4.98 Å². The second-order valence-electron chi connectivity index (χ2n) is 7.67. The van der Waals surface area contributed by atoms with Gasteiger partial charge in [-0.15, -0.1) is 10.2 Å². The molecule has 0 radical (unpaired) electrons. The number of rotatable bonds is 9. The summed E-state index contributed by atoms with van der Waals surface area (Å²) in [5.41, 5.74) is 2.58. The molecule has 0 spiro atoms. The lowest BCUT2D eigenvalue weighted by Crippen LogP contribution is -2.10. The molecule has 0 aliphatic carbocycles. The van der Waals surface area contributed by atoms with Crippen molar-refractivity contribution in [2.75, 3.05) is 38.0 Å². The number of nitrogens with one attached hydrogen (secondary N) is 2. The number of ether oxygens (including phenoxy) is 2. The Kier molecular flexibility index (Phi) is 6.87. The number of benzene rings is 2. The van der Waals surface area contributed by atoms with E-state index in [0.29, 0.717) is 24.7 Å². The fourth-order valence-electron chi connectivity index (χ4n) is 3.65. The Bertz CT molecular complexity index is 1460. The second-order valence-corrected chi connectivity index (χ2v) is 8.78. The normalized spacial score (nSPS) is 11.0. The minimum absolute atomic E-state index is 0.597. The van der Waals surface area contributed by atoms with E-state index in [4.69, 9.17) is 9.47 Å². The standard InChI is InChI=1S/C26H24N6O2S/c1-33-14-13-28-25-20-5-3-4-6-21(20)26(32-31-25)30-17-7-9-19(10-8-17)35-23-11-12-27-22-15-18(34-2)16-29-24(22)23/h3-12,15-16H,13-14H2,1-2H3,(H,28,31)(H,30,32). The van der Waals surface area contributed by atoms with Crippen molar-refractivity contribution in [3.63, 3.8) is 0 Å². The summed E-state index contributed by atoms with van der Waals surface area (Å²) in [6, 6.07) is 20.1. The molecule has 9 heteroatoms. The molecular formula is C26H24N6O2S. The molecule has 0 fully saturated rings. The van der Waals surface area contributed by atoms with Crippen LogP contribution in [-0.2, 0) is 4.74 Å². The maximum atomic E-state index is 5.26. The Morgan fingerprint density at radius 3 is 2.43 bits per heavy atom. The Morgan fingerprint density at radius 1 is 0.886 bits per heavy atom. The summed E-state index contributed by atoms with van der Waals surface area (Å²) in [6.07, 6.45) is 3.50. The molecule has 0 amide bonds. The average molecular weight is 485 g/mol. The highest BCUT2D eigenvalue weighted by Crippen LogP contribution is 2.34. The Balaban J connectivity index is 1.35. The summed E-state index contributed by atoms with van der Waals surface area (Å²) < 4.78 is 10.4. The van der Waals surface area contributed by atoms with Gasteiger partial charge in [-0.3, -0.25) is 4.98 Å². The third kappa shape index (κ3) is 5.11. The largest absolute Gasteiger partial charge is 0.495 e. The van der Waals surface area contributed by atoms with E-state index in [0.717, 1.165) is 43.1 Å². The highest BCUT2D eigenvalue weighted by Gasteiger charge is 2.10. The van der Waals surface area contributed by atoms with Crippen molar-refractivity contribution in [3.05, 3.63) is 73.1 Å². The fourth-order valence-corrected chi connectivity index (χ4v) is 4.56. The molecule has 0 unspecified atom stereocenters. The fraction of sp³-hybridized carbons (Fsp3) is 0.154. The van der Waals surface area contributed by atoms with E-state index in [-0.39, 0.29) is 0 Å². The van der Waals surface area contributed by atoms with E-state index < -0.39 is 0 Å². The first-order chi connectivity index (χ1) is 17.2. The first-order valence-electron chi connectivity index (χ1n) is 11.1. The van der Waals surface area contributed by atoms with Crippen molar-refractivity contribution < 1.29 is 9.47 Å². The monoisotopic (exact) mass is 484 g/mol. The van der Waals surface area contributed by atoms with Crippen LogP contribution in [0.4, 0.5) is 17.3 Å². The Morgan fingerprint density at radius 2 is 1.66 bits per heavy atom. The molecule has 5 rings (SSSR count). The van der Waals surface area contributed by atoms with Crippen LogP contribution >= 0.6 is 11.8 Å². The topological polar surface area (TPSA) is 94.1 Å². The van der Waals surface area contributed by atoms with Gasteiger partial charge >= 0.3 is 0 Å². The second kappa shape index (κ2) is 10.5. The lowest BCUT2D eigenvalue weighted by atomic mass is 10.1. The molecule has 0 atom stereocenters. The molecule has 2 aromatic carbocycles. The molecule has 0 bridgehead atoms. The molecule has 8 nitrogen and oxygen atoms in total. The SMILES string of the molecule is COCCNc1nnc(Nc2ccc(Sc3ccnc4cc(OC)cnc34)cc2)c2ccccc12. The van der Waals surface area contributed by atoms with Crippen molar-refractivity contribution in [3.8, 4) is 5.75 Å². The quantitative estimate of drug-likeness (QED) is 0.262. The lowest BCUT2D eigenvalue weighted by Gasteiger charge is -2.12. The van der Waals surface area contributed by atoms with E-state index in [1.165, 1.54) is 0 Å². The summed E-state index contributed by atoms with van der Waals surface area (Å²) in [5, 5.41) is 17.5. The summed E-state index contributed by atoms with van der Waals surface area (Å²) in [4.78, 5) is 11.1. The summed E-state index contributed by atoms with van der Waals surface area (Å²) >= 11 is 1.64. The predicted molar refractivity (Wildman–Crippen MR) is 140 cm³/mol. The number of hydrogen-bond acceptors (Lipinski definition) is 9. The molecule has 0 aliphatic heterocycles. The maximum Gasteiger partial charge on any atom is 0.161 e. The first-order valence-corrected chi connectivity index (χ1v) is 11.9. The highest BCUT2D eigenvalue weighted by molar-refractivity contribution is 7.99. The van der Waals surface area contributed by atoms with E-state index in [1.54, 1.807) is 38.4 Å². The van der Waals surface area contributed by atoms with Gasteiger partial charge in [0.05, 0.1) is 25.4 Å². The van der Waals surface area contributed by atoms with Crippen molar-refractivity contribution in [2.45, 2.75) is 9.79 Å². The van der Waals surface area contributed by atoms with Gasteiger partial charge in [0.25, 0.3) is 0 Å². The van der Waals surface area contributed by atoms with Crippen molar-refractivity contribution in [2.24, 2.45) is 0 Å². The Hall–Kier alpha value is -3.95. The molecule has 0 saturated carbocycles. The smallest absolute Gasteiger partial charge is 0.161 e. The number of hydrogen-bond donors (Lipinski definition) is 2. The van der Waals surface area contributed by atoms with E-state index in [2.05, 4.69) is 42.9 Å². The third-order valence-corrected chi connectivity index (χ3v) is 6.44. The number of pyridine rings is 2. The number of nitrogens with zero attached hydrogens (tertiary/aromatic N) is 4. The maximum absolute atomic E-state index is 5.26. The molecule has 0 saturated heterocycles. The lowest BCUT2D eigenvalue weighted by molar-refractivity contribution is 0.210. The van der Waals surface area contributed by atoms with Gasteiger partial charge in [0.2, 0.25) is 0 Å². The van der Waals surface area contributed by atoms with E-state index in [1.807, 2.05) is 48.5 Å². The number of methoxy groups -OCH3 is 2. The van der Waals surface area contributed by atoms with Crippen LogP contribution in [0.15, 0.2) is 82.8 Å². The Labute approximate surface area is 207 Å². The number of fused-ring (bicyclic) bond motifs is 2. The van der Waals surface area contributed by atoms with Crippen LogP contribution in [0.3, 0.4) is 0 Å². The minimum Gasteiger partial charge on any atom is -0.495 e. The highest BCUT2D eigenvalue weighted by atomic mass is 32.2. The van der Waals surface area contributed by atoms with Crippen LogP contribution in [-0.4, -0.2) is 47.5 Å². The van der Waals surface area contributed by atoms with Crippen LogP contribution in [0, 0.1) is 0 Å². The molecule has 35 heavy (non-hydrogen) atoms. The minimum atomic E-state index is 0.597. The van der Waals surface area contributed by atoms with Gasteiger partial charge in [0, 0.05) is 52.2 Å². The molecule has 0 aliphatic rings. The van der Waals surface area contributed by atoms with E-state index >= 15 is 0 Å². The van der Waals surface area contributed by atoms with Gasteiger partial charge in [-0.05, 0) is 30.3 Å². The van der Waals surface area contributed by atoms with Crippen LogP contribution in [0.5, 0.6) is 5.75 Å². The number of anilines is 3. The molecule has 2 N–H and O–H groups in total. The number of aromatic nitrogens is 4. The molecule has 5 aromatic rings. The summed E-state index contributed by atoms with van der Waals surface area (Å²) in [7, 11) is 3.30. The molecule has 3 heterocycles. The zero-order valence-corrected chi connectivity index (χ0v) is 20.2. The average Bonchev–Trinajstić information content (AvgIpc) is 2.91. The first kappa shape index (κ1) is 22.8. The predicted octanol–water partition coefficient (Wildman–Crippen LogP) is 5.53. The van der Waals surface area contributed by atoms with Crippen LogP contribution < -0.4 is 15.4 Å². The van der Waals surface area contributed by atoms with Gasteiger partial charge in [0.15, 0.2) is 11.6 Å². The van der Waals surface area contributed by atoms with Crippen LogP contribution in [0.25, 0.3) is 21.8 Å². The third-order valence-electron chi connectivity index (χ3n) is 5.38. The van der Waals surface area contributed by atoms with Gasteiger partial charge < -0.3 is 20.1 Å².